The molecule has 0 radical (unpaired) electrons. The van der Waals surface area contributed by atoms with Crippen LogP contribution in [0.15, 0.2) is 21.9 Å². The number of carboxylic acids is 1. The Morgan fingerprint density at radius 3 is 2.88 bits per heavy atom. The number of aliphatic carboxylic acids is 1. The number of thiazole rings is 1. The molecule has 128 valence electrons. The van der Waals surface area contributed by atoms with Gasteiger partial charge in [-0.25, -0.2) is 4.98 Å². The van der Waals surface area contributed by atoms with Crippen molar-refractivity contribution in [3.05, 3.63) is 29.0 Å². The molecule has 1 N–H and O–H groups in total. The van der Waals surface area contributed by atoms with E-state index in [1.807, 2.05) is 31.4 Å². The summed E-state index contributed by atoms with van der Waals surface area (Å²) in [6, 6.07) is 3.76. The van der Waals surface area contributed by atoms with Crippen molar-refractivity contribution in [2.45, 2.75) is 26.7 Å². The van der Waals surface area contributed by atoms with E-state index in [0.717, 1.165) is 16.5 Å². The van der Waals surface area contributed by atoms with Crippen molar-refractivity contribution in [2.75, 3.05) is 13.1 Å². The molecule has 3 heterocycles. The number of amides is 1. The van der Waals surface area contributed by atoms with Crippen LogP contribution in [0.4, 0.5) is 0 Å². The Morgan fingerprint density at radius 2 is 2.25 bits per heavy atom. The Balaban J connectivity index is 1.61. The summed E-state index contributed by atoms with van der Waals surface area (Å²) in [5.74, 6) is 0.380. The molecule has 1 aliphatic heterocycles. The topological polar surface area (TPSA) is 83.6 Å². The third-order valence-electron chi connectivity index (χ3n) is 4.41. The summed E-state index contributed by atoms with van der Waals surface area (Å²) >= 11 is 1.46. The van der Waals surface area contributed by atoms with Crippen molar-refractivity contribution in [3.63, 3.8) is 0 Å². The summed E-state index contributed by atoms with van der Waals surface area (Å²) in [4.78, 5) is 29.8. The summed E-state index contributed by atoms with van der Waals surface area (Å²) in [5.41, 5.74) is 0.724. The average molecular weight is 348 g/mol. The monoisotopic (exact) mass is 348 g/mol. The van der Waals surface area contributed by atoms with Gasteiger partial charge in [0.1, 0.15) is 5.76 Å². The third-order valence-corrected chi connectivity index (χ3v) is 5.32. The number of hydrogen-bond acceptors (Lipinski definition) is 5. The summed E-state index contributed by atoms with van der Waals surface area (Å²) in [5, 5.41) is 11.8. The summed E-state index contributed by atoms with van der Waals surface area (Å²) in [6.07, 6.45) is 0.747. The Hall–Kier alpha value is -2.15. The fourth-order valence-electron chi connectivity index (χ4n) is 3.06. The van der Waals surface area contributed by atoms with Gasteiger partial charge in [-0.3, -0.25) is 9.59 Å². The Kier molecular flexibility index (Phi) is 4.71. The van der Waals surface area contributed by atoms with Gasteiger partial charge in [0.15, 0.2) is 10.8 Å². The Bertz CT molecular complexity index is 751. The number of aryl methyl sites for hydroxylation is 1. The summed E-state index contributed by atoms with van der Waals surface area (Å²) < 4.78 is 5.55. The van der Waals surface area contributed by atoms with E-state index in [9.17, 15) is 9.59 Å². The number of furan rings is 1. The number of aromatic nitrogens is 1. The molecule has 1 saturated heterocycles. The zero-order valence-corrected chi connectivity index (χ0v) is 14.5. The predicted molar refractivity (Wildman–Crippen MR) is 89.7 cm³/mol. The highest BCUT2D eigenvalue weighted by atomic mass is 32.1. The van der Waals surface area contributed by atoms with Crippen LogP contribution >= 0.6 is 11.3 Å². The van der Waals surface area contributed by atoms with E-state index in [1.54, 1.807) is 4.90 Å². The van der Waals surface area contributed by atoms with Gasteiger partial charge in [-0.05, 0) is 31.4 Å². The Labute approximate surface area is 144 Å². The maximum Gasteiger partial charge on any atom is 0.306 e. The molecule has 2 atom stereocenters. The number of carboxylic acid groups (broad SMARTS) is 1. The van der Waals surface area contributed by atoms with Crippen LogP contribution in [0.1, 0.15) is 24.8 Å². The minimum atomic E-state index is -0.771. The molecular weight excluding hydrogens is 328 g/mol. The molecule has 1 amide bonds. The molecule has 0 spiro atoms. The van der Waals surface area contributed by atoms with Gasteiger partial charge >= 0.3 is 5.97 Å². The van der Waals surface area contributed by atoms with E-state index in [2.05, 4.69) is 4.98 Å². The second-order valence-electron chi connectivity index (χ2n) is 6.28. The molecule has 2 aromatic rings. The van der Waals surface area contributed by atoms with E-state index in [0.29, 0.717) is 25.3 Å². The molecule has 0 aliphatic carbocycles. The van der Waals surface area contributed by atoms with Crippen LogP contribution in [0, 0.1) is 18.8 Å². The highest BCUT2D eigenvalue weighted by Gasteiger charge is 2.33. The van der Waals surface area contributed by atoms with E-state index >= 15 is 0 Å². The highest BCUT2D eigenvalue weighted by Crippen LogP contribution is 2.27. The second kappa shape index (κ2) is 6.76. The zero-order chi connectivity index (χ0) is 17.3. The quantitative estimate of drug-likeness (QED) is 0.918. The van der Waals surface area contributed by atoms with Gasteiger partial charge in [0, 0.05) is 18.5 Å². The lowest BCUT2D eigenvalue weighted by molar-refractivity contribution is -0.148. The molecule has 2 aromatic heterocycles. The van der Waals surface area contributed by atoms with Crippen molar-refractivity contribution >= 4 is 23.2 Å². The van der Waals surface area contributed by atoms with Crippen molar-refractivity contribution in [1.82, 2.24) is 9.88 Å². The van der Waals surface area contributed by atoms with Crippen LogP contribution in [0.25, 0.3) is 10.8 Å². The van der Waals surface area contributed by atoms with Gasteiger partial charge in [-0.2, -0.15) is 0 Å². The van der Waals surface area contributed by atoms with E-state index in [1.165, 1.54) is 11.3 Å². The molecule has 24 heavy (non-hydrogen) atoms. The highest BCUT2D eigenvalue weighted by molar-refractivity contribution is 7.13. The molecule has 1 aliphatic rings. The summed E-state index contributed by atoms with van der Waals surface area (Å²) in [7, 11) is 0. The SMILES string of the molecule is Cc1ccc(-c2nc(CC(=O)N3CCC(C(=O)O)C(C)C3)cs2)o1. The van der Waals surface area contributed by atoms with E-state index in [-0.39, 0.29) is 24.2 Å². The number of carbonyl (C=O) groups excluding carboxylic acids is 1. The van der Waals surface area contributed by atoms with Crippen LogP contribution in [-0.4, -0.2) is 40.0 Å². The van der Waals surface area contributed by atoms with Crippen LogP contribution in [0.2, 0.25) is 0 Å². The Morgan fingerprint density at radius 1 is 1.46 bits per heavy atom. The normalized spacial score (nSPS) is 21.0. The number of likely N-dealkylation sites (tertiary alicyclic amines) is 1. The molecule has 1 fully saturated rings. The first-order valence-corrected chi connectivity index (χ1v) is 8.84. The van der Waals surface area contributed by atoms with Crippen molar-refractivity contribution < 1.29 is 19.1 Å². The number of rotatable bonds is 4. The summed E-state index contributed by atoms with van der Waals surface area (Å²) in [6.45, 7) is 4.75. The van der Waals surface area contributed by atoms with E-state index in [4.69, 9.17) is 9.52 Å². The number of nitrogens with zero attached hydrogens (tertiary/aromatic N) is 2. The molecule has 2 unspecified atom stereocenters. The smallest absolute Gasteiger partial charge is 0.306 e. The van der Waals surface area contributed by atoms with Gasteiger partial charge in [0.2, 0.25) is 5.91 Å². The van der Waals surface area contributed by atoms with Crippen molar-refractivity contribution in [3.8, 4) is 10.8 Å². The molecule has 0 aromatic carbocycles. The van der Waals surface area contributed by atoms with Gasteiger partial charge in [0.05, 0.1) is 18.0 Å². The van der Waals surface area contributed by atoms with Gasteiger partial charge in [-0.15, -0.1) is 11.3 Å². The average Bonchev–Trinajstić information content (AvgIpc) is 3.15. The minimum Gasteiger partial charge on any atom is -0.481 e. The van der Waals surface area contributed by atoms with Crippen molar-refractivity contribution in [1.29, 1.82) is 0 Å². The number of piperidine rings is 1. The first kappa shape index (κ1) is 16.7. The predicted octanol–water partition coefficient (Wildman–Crippen LogP) is 2.82. The van der Waals surface area contributed by atoms with E-state index < -0.39 is 5.97 Å². The van der Waals surface area contributed by atoms with Crippen LogP contribution < -0.4 is 0 Å². The lowest BCUT2D eigenvalue weighted by atomic mass is 9.87. The van der Waals surface area contributed by atoms with Gasteiger partial charge in [-0.1, -0.05) is 6.92 Å². The lowest BCUT2D eigenvalue weighted by Gasteiger charge is -2.34. The third kappa shape index (κ3) is 3.51. The fourth-order valence-corrected chi connectivity index (χ4v) is 3.84. The standard InChI is InChI=1S/C17H20N2O4S/c1-10-8-19(6-5-13(10)17(21)22)15(20)7-12-9-24-16(18-12)14-4-3-11(2)23-14/h3-4,9-10,13H,5-8H2,1-2H3,(H,21,22). The maximum absolute atomic E-state index is 12.5. The molecule has 7 heteroatoms. The lowest BCUT2D eigenvalue weighted by Crippen LogP contribution is -2.45. The van der Waals surface area contributed by atoms with Crippen molar-refractivity contribution in [2.24, 2.45) is 11.8 Å². The minimum absolute atomic E-state index is 0.00170. The maximum atomic E-state index is 12.5. The molecule has 0 saturated carbocycles. The first-order chi connectivity index (χ1) is 11.4. The zero-order valence-electron chi connectivity index (χ0n) is 13.7. The van der Waals surface area contributed by atoms with Crippen LogP contribution in [-0.2, 0) is 16.0 Å². The number of carbonyl (C=O) groups is 2. The molecule has 0 bridgehead atoms. The molecule has 3 rings (SSSR count). The molecule has 6 nitrogen and oxygen atoms in total. The van der Waals surface area contributed by atoms with Gasteiger partial charge < -0.3 is 14.4 Å². The van der Waals surface area contributed by atoms with Gasteiger partial charge in [0.25, 0.3) is 0 Å². The largest absolute Gasteiger partial charge is 0.481 e. The van der Waals surface area contributed by atoms with Crippen LogP contribution in [0.5, 0.6) is 0 Å². The first-order valence-electron chi connectivity index (χ1n) is 7.96. The van der Waals surface area contributed by atoms with Crippen LogP contribution in [0.3, 0.4) is 0 Å². The number of hydrogen-bond donors (Lipinski definition) is 1. The second-order valence-corrected chi connectivity index (χ2v) is 7.14. The fraction of sp³-hybridized carbons (Fsp3) is 0.471. The molecular formula is C17H20N2O4S.